The number of carboxylic acid groups (broad SMARTS) is 1. The summed E-state index contributed by atoms with van der Waals surface area (Å²) >= 11 is 0. The molecule has 0 aromatic carbocycles. The SMILES string of the molecule is N[C@@H](CCCCCC#P=O)C(=O)O.O. The Morgan fingerprint density at radius 2 is 2.07 bits per heavy atom. The summed E-state index contributed by atoms with van der Waals surface area (Å²) in [4.78, 5) is 10.3. The summed E-state index contributed by atoms with van der Waals surface area (Å²) in [6, 6.07) is -0.745. The van der Waals surface area contributed by atoms with Crippen LogP contribution in [0.15, 0.2) is 0 Å². The summed E-state index contributed by atoms with van der Waals surface area (Å²) in [7, 11) is -0.0529. The number of unbranched alkanes of at least 4 members (excludes halogenated alkanes) is 3. The Bertz CT molecular complexity index is 249. The minimum Gasteiger partial charge on any atom is -0.412 e. The van der Waals surface area contributed by atoms with Gasteiger partial charge in [-0.1, -0.05) is 0 Å². The fourth-order valence-electron chi connectivity index (χ4n) is 0.914. The normalized spacial score (nSPS) is 10.9. The molecule has 0 heterocycles. The molecule has 0 saturated carbocycles. The number of carboxylic acids is 1. The van der Waals surface area contributed by atoms with Crippen LogP contribution in [0.5, 0.6) is 0 Å². The summed E-state index contributed by atoms with van der Waals surface area (Å²) in [5.41, 5.74) is 7.92. The van der Waals surface area contributed by atoms with Gasteiger partial charge in [0.15, 0.2) is 0 Å². The Hall–Kier alpha value is -0.600. The van der Waals surface area contributed by atoms with E-state index in [2.05, 4.69) is 5.63 Å². The summed E-state index contributed by atoms with van der Waals surface area (Å²) < 4.78 is 9.92. The van der Waals surface area contributed by atoms with E-state index >= 15 is 0 Å². The van der Waals surface area contributed by atoms with Gasteiger partial charge in [-0.2, -0.15) is 0 Å². The van der Waals surface area contributed by atoms with Crippen molar-refractivity contribution in [2.45, 2.75) is 38.1 Å². The van der Waals surface area contributed by atoms with Crippen molar-refractivity contribution in [2.75, 3.05) is 0 Å². The van der Waals surface area contributed by atoms with E-state index in [4.69, 9.17) is 10.8 Å². The van der Waals surface area contributed by atoms with Crippen molar-refractivity contribution < 1.29 is 19.9 Å². The van der Waals surface area contributed by atoms with Gasteiger partial charge in [0.25, 0.3) is 0 Å². The Balaban J connectivity index is 0. The standard InChI is InChI=1S/C8H14NO3P.H2O/c9-7(8(10)11)5-3-1-2-4-6-13-12;/h7H,1-5,9H2,(H,10,11);1H2/t7-;/m0./s1. The largest absolute Gasteiger partial charge is 0.412 e. The first-order valence-corrected chi connectivity index (χ1v) is 5.03. The molecule has 0 aliphatic rings. The second-order valence-electron chi connectivity index (χ2n) is 2.79. The number of hydrogen-bond acceptors (Lipinski definition) is 3. The van der Waals surface area contributed by atoms with Crippen LogP contribution < -0.4 is 5.73 Å². The van der Waals surface area contributed by atoms with Gasteiger partial charge in [0.2, 0.25) is 0 Å². The van der Waals surface area contributed by atoms with Crippen LogP contribution in [0, 0.1) is 5.63 Å². The molecule has 0 fully saturated rings. The molecule has 82 valence electrons. The molecular weight excluding hydrogens is 205 g/mol. The summed E-state index contributed by atoms with van der Waals surface area (Å²) in [6.07, 6.45) is 3.79. The van der Waals surface area contributed by atoms with Crippen molar-refractivity contribution in [1.82, 2.24) is 0 Å². The molecule has 5 nitrogen and oxygen atoms in total. The van der Waals surface area contributed by atoms with E-state index in [1.165, 1.54) is 0 Å². The van der Waals surface area contributed by atoms with Crippen molar-refractivity contribution in [3.05, 3.63) is 0 Å². The molecular formula is C8H16NO4P. The first kappa shape index (κ1) is 15.9. The number of nitrogens with two attached hydrogens (primary N) is 1. The molecule has 0 rings (SSSR count). The van der Waals surface area contributed by atoms with Gasteiger partial charge in [-0.25, -0.2) is 0 Å². The second-order valence-corrected chi connectivity index (χ2v) is 3.29. The monoisotopic (exact) mass is 221 g/mol. The zero-order chi connectivity index (χ0) is 10.1. The third-order valence-electron chi connectivity index (χ3n) is 1.69. The predicted octanol–water partition coefficient (Wildman–Crippen LogP) is 0.775. The van der Waals surface area contributed by atoms with Crippen LogP contribution in [-0.2, 0) is 9.36 Å². The van der Waals surface area contributed by atoms with Gasteiger partial charge in [0.1, 0.15) is 0 Å². The Labute approximate surface area is 84.1 Å². The zero-order valence-corrected chi connectivity index (χ0v) is 8.80. The average Bonchev–Trinajstić information content (AvgIpc) is 2.10. The third-order valence-corrected chi connectivity index (χ3v) is 2.04. The molecule has 5 N–H and O–H groups in total. The van der Waals surface area contributed by atoms with Gasteiger partial charge in [-0.15, -0.1) is 0 Å². The first-order chi connectivity index (χ1) is 6.18. The van der Waals surface area contributed by atoms with Crippen molar-refractivity contribution in [3.63, 3.8) is 0 Å². The molecule has 0 aliphatic heterocycles. The van der Waals surface area contributed by atoms with E-state index in [1.54, 1.807) is 0 Å². The molecule has 0 aromatic rings. The van der Waals surface area contributed by atoms with Crippen LogP contribution in [0.2, 0.25) is 0 Å². The van der Waals surface area contributed by atoms with Gasteiger partial charge >= 0.3 is 77.9 Å². The van der Waals surface area contributed by atoms with Crippen LogP contribution in [0.3, 0.4) is 0 Å². The molecule has 0 unspecified atom stereocenters. The van der Waals surface area contributed by atoms with E-state index < -0.39 is 12.0 Å². The van der Waals surface area contributed by atoms with Crippen LogP contribution in [0.25, 0.3) is 0 Å². The number of aliphatic carboxylic acids is 1. The molecule has 0 spiro atoms. The van der Waals surface area contributed by atoms with Crippen LogP contribution in [0.4, 0.5) is 0 Å². The van der Waals surface area contributed by atoms with Crippen LogP contribution in [-0.4, -0.2) is 22.6 Å². The van der Waals surface area contributed by atoms with Gasteiger partial charge < -0.3 is 5.48 Å². The molecule has 0 bridgehead atoms. The predicted molar refractivity (Wildman–Crippen MR) is 53.8 cm³/mol. The maximum atomic E-state index is 10.3. The minimum absolute atomic E-state index is 0. The molecule has 0 aliphatic carbocycles. The smallest absolute Gasteiger partial charge is 0.412 e. The van der Waals surface area contributed by atoms with Gasteiger partial charge in [-0.3, -0.25) is 0 Å². The molecule has 0 radical (unpaired) electrons. The van der Waals surface area contributed by atoms with Crippen molar-refractivity contribution in [3.8, 4) is 5.63 Å². The van der Waals surface area contributed by atoms with Gasteiger partial charge in [0, 0.05) is 0 Å². The number of hydrogen-bond donors (Lipinski definition) is 2. The Kier molecular flexibility index (Phi) is 11.9. The minimum atomic E-state index is -0.948. The summed E-state index contributed by atoms with van der Waals surface area (Å²) in [6.45, 7) is 0. The fourth-order valence-corrected chi connectivity index (χ4v) is 1.16. The van der Waals surface area contributed by atoms with E-state index in [0.29, 0.717) is 12.8 Å². The first-order valence-electron chi connectivity index (χ1n) is 4.22. The van der Waals surface area contributed by atoms with Crippen molar-refractivity contribution in [1.29, 1.82) is 0 Å². The molecule has 14 heavy (non-hydrogen) atoms. The third kappa shape index (κ3) is 9.49. The zero-order valence-electron chi connectivity index (χ0n) is 7.90. The number of carbonyl (C=O) groups is 1. The van der Waals surface area contributed by atoms with Crippen LogP contribution in [0.1, 0.15) is 32.1 Å². The maximum Gasteiger partial charge on any atom is -0.412 e. The van der Waals surface area contributed by atoms with E-state index in [0.717, 1.165) is 19.3 Å². The fraction of sp³-hybridized carbons (Fsp3) is 0.750. The quantitative estimate of drug-likeness (QED) is 0.509. The number of rotatable bonds is 6. The molecule has 0 aromatic heterocycles. The molecule has 0 amide bonds. The van der Waals surface area contributed by atoms with Gasteiger partial charge in [0.05, 0.1) is 0 Å². The Morgan fingerprint density at radius 1 is 1.43 bits per heavy atom. The van der Waals surface area contributed by atoms with E-state index in [1.807, 2.05) is 0 Å². The second kappa shape index (κ2) is 10.5. The van der Waals surface area contributed by atoms with E-state index in [-0.39, 0.29) is 13.4 Å². The molecule has 6 heteroatoms. The Morgan fingerprint density at radius 3 is 2.57 bits per heavy atom. The molecule has 0 saturated heterocycles. The van der Waals surface area contributed by atoms with Crippen LogP contribution >= 0.6 is 7.92 Å². The van der Waals surface area contributed by atoms with Crippen molar-refractivity contribution in [2.24, 2.45) is 5.73 Å². The topological polar surface area (TPSA) is 112 Å². The van der Waals surface area contributed by atoms with Gasteiger partial charge in [-0.05, 0) is 0 Å². The molecule has 1 atom stereocenters. The summed E-state index contributed by atoms with van der Waals surface area (Å²) in [5.74, 6) is -0.948. The summed E-state index contributed by atoms with van der Waals surface area (Å²) in [5, 5.41) is 8.44. The van der Waals surface area contributed by atoms with Crippen molar-refractivity contribution >= 4 is 13.9 Å². The maximum absolute atomic E-state index is 10.3. The van der Waals surface area contributed by atoms with E-state index in [9.17, 15) is 9.36 Å². The average molecular weight is 221 g/mol.